The van der Waals surface area contributed by atoms with Crippen LogP contribution in [-0.2, 0) is 4.79 Å². The minimum absolute atomic E-state index is 0.381. The minimum atomic E-state index is -0.523. The molecule has 1 saturated carbocycles. The van der Waals surface area contributed by atoms with Crippen molar-refractivity contribution in [3.8, 4) is 0 Å². The van der Waals surface area contributed by atoms with Crippen LogP contribution in [0.25, 0.3) is 0 Å². The number of carbonyl (C=O) groups is 1. The SMILES string of the molecule is CCCCCCCCC1(C(=O)O)CCC(CCCC)CC1. The van der Waals surface area contributed by atoms with Crippen molar-refractivity contribution in [3.63, 3.8) is 0 Å². The predicted octanol–water partition coefficient (Wildman–Crippen LogP) is 6.19. The third-order valence-corrected chi connectivity index (χ3v) is 5.49. The number of carboxylic acids is 1. The fourth-order valence-electron chi connectivity index (χ4n) is 3.83. The zero-order chi connectivity index (χ0) is 15.6. The second-order valence-corrected chi connectivity index (χ2v) is 7.19. The normalized spacial score (nSPS) is 25.9. The molecule has 0 unspecified atom stereocenters. The lowest BCUT2D eigenvalue weighted by Gasteiger charge is -2.37. The molecule has 1 aliphatic carbocycles. The third-order valence-electron chi connectivity index (χ3n) is 5.49. The summed E-state index contributed by atoms with van der Waals surface area (Å²) in [7, 11) is 0. The van der Waals surface area contributed by atoms with Crippen LogP contribution in [0.5, 0.6) is 0 Å². The topological polar surface area (TPSA) is 37.3 Å². The predicted molar refractivity (Wildman–Crippen MR) is 89.5 cm³/mol. The van der Waals surface area contributed by atoms with E-state index in [0.29, 0.717) is 0 Å². The average molecular weight is 296 g/mol. The molecule has 1 fully saturated rings. The van der Waals surface area contributed by atoms with Gasteiger partial charge in [-0.2, -0.15) is 0 Å². The van der Waals surface area contributed by atoms with Crippen molar-refractivity contribution in [1.29, 1.82) is 0 Å². The molecule has 2 nitrogen and oxygen atoms in total. The Morgan fingerprint density at radius 3 is 2.10 bits per heavy atom. The Balaban J connectivity index is 2.31. The van der Waals surface area contributed by atoms with Gasteiger partial charge in [-0.3, -0.25) is 4.79 Å². The highest BCUT2D eigenvalue weighted by Crippen LogP contribution is 2.44. The van der Waals surface area contributed by atoms with Crippen LogP contribution in [0.4, 0.5) is 0 Å². The molecule has 1 aliphatic rings. The van der Waals surface area contributed by atoms with E-state index in [-0.39, 0.29) is 5.41 Å². The van der Waals surface area contributed by atoms with Crippen LogP contribution in [0.15, 0.2) is 0 Å². The summed E-state index contributed by atoms with van der Waals surface area (Å²) >= 11 is 0. The van der Waals surface area contributed by atoms with E-state index in [9.17, 15) is 9.90 Å². The van der Waals surface area contributed by atoms with Crippen LogP contribution in [0, 0.1) is 11.3 Å². The number of rotatable bonds is 11. The molecule has 0 heterocycles. The molecule has 0 amide bonds. The first-order valence-corrected chi connectivity index (χ1v) is 9.38. The lowest BCUT2D eigenvalue weighted by atomic mass is 9.67. The summed E-state index contributed by atoms with van der Waals surface area (Å²) < 4.78 is 0. The number of carboxylic acid groups (broad SMARTS) is 1. The highest BCUT2D eigenvalue weighted by atomic mass is 16.4. The Morgan fingerprint density at radius 1 is 0.952 bits per heavy atom. The molecule has 0 radical (unpaired) electrons. The first kappa shape index (κ1) is 18.5. The maximum Gasteiger partial charge on any atom is 0.309 e. The molecule has 0 aromatic carbocycles. The van der Waals surface area contributed by atoms with Crippen LogP contribution in [0.2, 0.25) is 0 Å². The van der Waals surface area contributed by atoms with E-state index >= 15 is 0 Å². The van der Waals surface area contributed by atoms with Gasteiger partial charge in [0, 0.05) is 0 Å². The molecule has 0 bridgehead atoms. The van der Waals surface area contributed by atoms with Crippen molar-refractivity contribution in [3.05, 3.63) is 0 Å². The van der Waals surface area contributed by atoms with Crippen LogP contribution in [0.1, 0.15) is 104 Å². The highest BCUT2D eigenvalue weighted by Gasteiger charge is 2.40. The fourth-order valence-corrected chi connectivity index (χ4v) is 3.83. The summed E-state index contributed by atoms with van der Waals surface area (Å²) in [5.74, 6) is 0.270. The van der Waals surface area contributed by atoms with Crippen LogP contribution in [-0.4, -0.2) is 11.1 Å². The van der Waals surface area contributed by atoms with Gasteiger partial charge in [-0.05, 0) is 38.0 Å². The van der Waals surface area contributed by atoms with Crippen molar-refractivity contribution in [2.75, 3.05) is 0 Å². The molecule has 21 heavy (non-hydrogen) atoms. The van der Waals surface area contributed by atoms with E-state index < -0.39 is 5.97 Å². The molecular formula is C19H36O2. The Hall–Kier alpha value is -0.530. The second kappa shape index (κ2) is 10.2. The molecule has 1 rings (SSSR count). The van der Waals surface area contributed by atoms with Crippen LogP contribution < -0.4 is 0 Å². The monoisotopic (exact) mass is 296 g/mol. The minimum Gasteiger partial charge on any atom is -0.481 e. The van der Waals surface area contributed by atoms with Gasteiger partial charge in [-0.1, -0.05) is 71.6 Å². The molecule has 0 aliphatic heterocycles. The number of hydrogen-bond donors (Lipinski definition) is 1. The van der Waals surface area contributed by atoms with Gasteiger partial charge in [0.2, 0.25) is 0 Å². The molecule has 0 atom stereocenters. The van der Waals surface area contributed by atoms with Gasteiger partial charge in [-0.25, -0.2) is 0 Å². The van der Waals surface area contributed by atoms with Gasteiger partial charge >= 0.3 is 5.97 Å². The zero-order valence-corrected chi connectivity index (χ0v) is 14.3. The molecule has 0 saturated heterocycles. The maximum absolute atomic E-state index is 11.8. The smallest absolute Gasteiger partial charge is 0.309 e. The van der Waals surface area contributed by atoms with Crippen LogP contribution >= 0.6 is 0 Å². The van der Waals surface area contributed by atoms with E-state index in [1.165, 1.54) is 51.4 Å². The van der Waals surface area contributed by atoms with E-state index in [1.54, 1.807) is 0 Å². The third kappa shape index (κ3) is 6.40. The standard InChI is InChI=1S/C19H36O2/c1-3-5-7-8-9-10-14-19(18(20)21)15-12-17(13-16-19)11-6-4-2/h17H,3-16H2,1-2H3,(H,20,21). The van der Waals surface area contributed by atoms with Gasteiger partial charge in [0.1, 0.15) is 0 Å². The van der Waals surface area contributed by atoms with Gasteiger partial charge in [-0.15, -0.1) is 0 Å². The van der Waals surface area contributed by atoms with Gasteiger partial charge < -0.3 is 5.11 Å². The van der Waals surface area contributed by atoms with Crippen molar-refractivity contribution in [2.45, 2.75) is 104 Å². The Labute approximate surface area is 131 Å². The van der Waals surface area contributed by atoms with Crippen molar-refractivity contribution < 1.29 is 9.90 Å². The summed E-state index contributed by atoms with van der Waals surface area (Å²) in [6.45, 7) is 4.47. The first-order chi connectivity index (χ1) is 10.1. The van der Waals surface area contributed by atoms with Gasteiger partial charge in [0.25, 0.3) is 0 Å². The summed E-state index contributed by atoms with van der Waals surface area (Å²) in [5, 5.41) is 9.69. The Kier molecular flexibility index (Phi) is 9.03. The molecule has 0 spiro atoms. The van der Waals surface area contributed by atoms with E-state index in [0.717, 1.165) is 44.4 Å². The Morgan fingerprint density at radius 2 is 1.52 bits per heavy atom. The van der Waals surface area contributed by atoms with E-state index in [2.05, 4.69) is 13.8 Å². The molecule has 1 N–H and O–H groups in total. The molecule has 124 valence electrons. The quantitative estimate of drug-likeness (QED) is 0.462. The summed E-state index contributed by atoms with van der Waals surface area (Å²) in [6, 6.07) is 0. The largest absolute Gasteiger partial charge is 0.481 e. The van der Waals surface area contributed by atoms with Crippen LogP contribution in [0.3, 0.4) is 0 Å². The van der Waals surface area contributed by atoms with Crippen molar-refractivity contribution in [1.82, 2.24) is 0 Å². The van der Waals surface area contributed by atoms with E-state index in [1.807, 2.05) is 0 Å². The lowest BCUT2D eigenvalue weighted by Crippen LogP contribution is -2.35. The number of hydrogen-bond acceptors (Lipinski definition) is 1. The first-order valence-electron chi connectivity index (χ1n) is 9.38. The van der Waals surface area contributed by atoms with Crippen molar-refractivity contribution >= 4 is 5.97 Å². The van der Waals surface area contributed by atoms with Gasteiger partial charge in [0.05, 0.1) is 5.41 Å². The zero-order valence-electron chi connectivity index (χ0n) is 14.3. The van der Waals surface area contributed by atoms with Crippen molar-refractivity contribution in [2.24, 2.45) is 11.3 Å². The molecular weight excluding hydrogens is 260 g/mol. The molecule has 0 aromatic rings. The molecule has 2 heteroatoms. The Bertz CT molecular complexity index is 277. The highest BCUT2D eigenvalue weighted by molar-refractivity contribution is 5.74. The average Bonchev–Trinajstić information content (AvgIpc) is 2.49. The summed E-state index contributed by atoms with van der Waals surface area (Å²) in [5.41, 5.74) is -0.381. The summed E-state index contributed by atoms with van der Waals surface area (Å²) in [4.78, 5) is 11.8. The number of aliphatic carboxylic acids is 1. The lowest BCUT2D eigenvalue weighted by molar-refractivity contribution is -0.152. The maximum atomic E-state index is 11.8. The fraction of sp³-hybridized carbons (Fsp3) is 0.947. The molecule has 0 aromatic heterocycles. The van der Waals surface area contributed by atoms with Gasteiger partial charge in [0.15, 0.2) is 0 Å². The second-order valence-electron chi connectivity index (χ2n) is 7.19. The van der Waals surface area contributed by atoms with E-state index in [4.69, 9.17) is 0 Å². The number of unbranched alkanes of at least 4 members (excludes halogenated alkanes) is 6. The summed E-state index contributed by atoms with van der Waals surface area (Å²) in [6.07, 6.45) is 16.4.